The molecule has 0 aromatic heterocycles. The first-order valence-corrected chi connectivity index (χ1v) is 5.50. The first-order chi connectivity index (χ1) is 6.10. The maximum Gasteiger partial charge on any atom is 0.0164 e. The molecular formula is C12H25N. The lowest BCUT2D eigenvalue weighted by molar-refractivity contribution is 0.421. The van der Waals surface area contributed by atoms with Gasteiger partial charge in [0.1, 0.15) is 0 Å². The first kappa shape index (κ1) is 12.7. The van der Waals surface area contributed by atoms with Crippen LogP contribution in [0.2, 0.25) is 0 Å². The van der Waals surface area contributed by atoms with Crippen molar-refractivity contribution in [3.8, 4) is 0 Å². The molecule has 1 nitrogen and oxygen atoms in total. The van der Waals surface area contributed by atoms with Crippen molar-refractivity contribution in [2.45, 2.75) is 53.0 Å². The summed E-state index contributed by atoms with van der Waals surface area (Å²) in [6.45, 7) is 13.9. The summed E-state index contributed by atoms with van der Waals surface area (Å²) in [4.78, 5) is 0. The summed E-state index contributed by atoms with van der Waals surface area (Å²) in [5.41, 5.74) is 1.30. The normalized spacial score (nSPS) is 15.4. The highest BCUT2D eigenvalue weighted by atomic mass is 14.9. The van der Waals surface area contributed by atoms with Crippen molar-refractivity contribution >= 4 is 0 Å². The van der Waals surface area contributed by atoms with Gasteiger partial charge in [-0.25, -0.2) is 0 Å². The molecule has 2 atom stereocenters. The highest BCUT2D eigenvalue weighted by molar-refractivity contribution is 4.95. The summed E-state index contributed by atoms with van der Waals surface area (Å²) in [5.74, 6) is 0.831. The summed E-state index contributed by atoms with van der Waals surface area (Å²) in [5, 5.41) is 3.50. The SMILES string of the molecule is C=C(CC)CNC(C)CC(C)CC. The third kappa shape index (κ3) is 6.83. The minimum Gasteiger partial charge on any atom is -0.311 e. The fraction of sp³-hybridized carbons (Fsp3) is 0.833. The Balaban J connectivity index is 3.50. The van der Waals surface area contributed by atoms with Crippen molar-refractivity contribution in [3.63, 3.8) is 0 Å². The second-order valence-corrected chi connectivity index (χ2v) is 4.13. The van der Waals surface area contributed by atoms with E-state index in [1.807, 2.05) is 0 Å². The van der Waals surface area contributed by atoms with Gasteiger partial charge in [-0.2, -0.15) is 0 Å². The zero-order chi connectivity index (χ0) is 10.3. The van der Waals surface area contributed by atoms with Crippen molar-refractivity contribution in [2.24, 2.45) is 5.92 Å². The smallest absolute Gasteiger partial charge is 0.0164 e. The predicted molar refractivity (Wildman–Crippen MR) is 61.0 cm³/mol. The monoisotopic (exact) mass is 183 g/mol. The molecule has 0 heterocycles. The van der Waals surface area contributed by atoms with Crippen LogP contribution in [0.5, 0.6) is 0 Å². The lowest BCUT2D eigenvalue weighted by Crippen LogP contribution is -2.29. The van der Waals surface area contributed by atoms with Gasteiger partial charge in [-0.1, -0.05) is 39.3 Å². The van der Waals surface area contributed by atoms with Gasteiger partial charge in [0.05, 0.1) is 0 Å². The van der Waals surface area contributed by atoms with Gasteiger partial charge in [0.2, 0.25) is 0 Å². The molecule has 13 heavy (non-hydrogen) atoms. The lowest BCUT2D eigenvalue weighted by Gasteiger charge is -2.17. The van der Waals surface area contributed by atoms with Crippen molar-refractivity contribution in [3.05, 3.63) is 12.2 Å². The first-order valence-electron chi connectivity index (χ1n) is 5.50. The Hall–Kier alpha value is -0.300. The Labute approximate surface area is 83.6 Å². The van der Waals surface area contributed by atoms with Crippen molar-refractivity contribution in [1.82, 2.24) is 5.32 Å². The summed E-state index contributed by atoms with van der Waals surface area (Å²) < 4.78 is 0. The van der Waals surface area contributed by atoms with E-state index < -0.39 is 0 Å². The second-order valence-electron chi connectivity index (χ2n) is 4.13. The van der Waals surface area contributed by atoms with Gasteiger partial charge in [-0.05, 0) is 25.7 Å². The van der Waals surface area contributed by atoms with E-state index in [1.165, 1.54) is 18.4 Å². The molecule has 0 aromatic rings. The zero-order valence-electron chi connectivity index (χ0n) is 9.69. The standard InChI is InChI=1S/C12H25N/c1-6-10(3)8-12(5)13-9-11(4)7-2/h10,12-13H,4,6-9H2,1-3,5H3. The molecule has 78 valence electrons. The molecule has 0 aliphatic carbocycles. The Kier molecular flexibility index (Phi) is 6.97. The topological polar surface area (TPSA) is 12.0 Å². The molecule has 0 bridgehead atoms. The highest BCUT2D eigenvalue weighted by Gasteiger charge is 2.05. The van der Waals surface area contributed by atoms with Gasteiger partial charge < -0.3 is 5.32 Å². The Morgan fingerprint density at radius 1 is 1.31 bits per heavy atom. The molecule has 0 amide bonds. The van der Waals surface area contributed by atoms with Crippen molar-refractivity contribution in [1.29, 1.82) is 0 Å². The second kappa shape index (κ2) is 7.14. The highest BCUT2D eigenvalue weighted by Crippen LogP contribution is 2.09. The van der Waals surface area contributed by atoms with E-state index in [0.717, 1.165) is 18.9 Å². The maximum absolute atomic E-state index is 3.98. The van der Waals surface area contributed by atoms with Gasteiger partial charge in [-0.15, -0.1) is 0 Å². The van der Waals surface area contributed by atoms with Crippen LogP contribution in [0.25, 0.3) is 0 Å². The quantitative estimate of drug-likeness (QED) is 0.597. The largest absolute Gasteiger partial charge is 0.311 e. The van der Waals surface area contributed by atoms with Crippen molar-refractivity contribution in [2.75, 3.05) is 6.54 Å². The molecule has 0 saturated heterocycles. The van der Waals surface area contributed by atoms with E-state index >= 15 is 0 Å². The Bertz CT molecular complexity index is 140. The molecule has 0 aliphatic heterocycles. The molecular weight excluding hydrogens is 158 g/mol. The molecule has 0 spiro atoms. The maximum atomic E-state index is 3.98. The minimum atomic E-state index is 0.623. The number of hydrogen-bond donors (Lipinski definition) is 1. The van der Waals surface area contributed by atoms with Crippen LogP contribution in [-0.4, -0.2) is 12.6 Å². The van der Waals surface area contributed by atoms with Gasteiger partial charge in [0, 0.05) is 12.6 Å². The van der Waals surface area contributed by atoms with E-state index in [-0.39, 0.29) is 0 Å². The Morgan fingerprint density at radius 3 is 2.38 bits per heavy atom. The third-order valence-electron chi connectivity index (χ3n) is 2.65. The molecule has 0 radical (unpaired) electrons. The van der Waals surface area contributed by atoms with Gasteiger partial charge in [-0.3, -0.25) is 0 Å². The van der Waals surface area contributed by atoms with E-state index in [9.17, 15) is 0 Å². The van der Waals surface area contributed by atoms with Crippen LogP contribution < -0.4 is 5.32 Å². The predicted octanol–water partition coefficient (Wildman–Crippen LogP) is 3.37. The summed E-state index contributed by atoms with van der Waals surface area (Å²) in [6, 6.07) is 0.623. The van der Waals surface area contributed by atoms with Crippen LogP contribution >= 0.6 is 0 Å². The Morgan fingerprint density at radius 2 is 1.92 bits per heavy atom. The number of nitrogens with one attached hydrogen (secondary N) is 1. The average molecular weight is 183 g/mol. The number of rotatable bonds is 7. The van der Waals surface area contributed by atoms with E-state index in [2.05, 4.69) is 39.6 Å². The number of hydrogen-bond acceptors (Lipinski definition) is 1. The molecule has 0 rings (SSSR count). The van der Waals surface area contributed by atoms with Crippen LogP contribution in [0.4, 0.5) is 0 Å². The van der Waals surface area contributed by atoms with Gasteiger partial charge in [0.15, 0.2) is 0 Å². The van der Waals surface area contributed by atoms with Crippen LogP contribution in [0, 0.1) is 5.92 Å². The lowest BCUT2D eigenvalue weighted by atomic mass is 10.0. The minimum absolute atomic E-state index is 0.623. The summed E-state index contributed by atoms with van der Waals surface area (Å²) >= 11 is 0. The summed E-state index contributed by atoms with van der Waals surface area (Å²) in [7, 11) is 0. The molecule has 0 saturated carbocycles. The van der Waals surface area contributed by atoms with Crippen LogP contribution in [0.15, 0.2) is 12.2 Å². The molecule has 1 N–H and O–H groups in total. The third-order valence-corrected chi connectivity index (χ3v) is 2.65. The van der Waals surface area contributed by atoms with Crippen LogP contribution in [0.3, 0.4) is 0 Å². The van der Waals surface area contributed by atoms with Gasteiger partial charge in [0.25, 0.3) is 0 Å². The molecule has 1 heteroatoms. The zero-order valence-corrected chi connectivity index (χ0v) is 9.69. The average Bonchev–Trinajstić information content (AvgIpc) is 2.13. The van der Waals surface area contributed by atoms with E-state index in [1.54, 1.807) is 0 Å². The van der Waals surface area contributed by atoms with Crippen molar-refractivity contribution < 1.29 is 0 Å². The molecule has 2 unspecified atom stereocenters. The molecule has 0 aliphatic rings. The fourth-order valence-electron chi connectivity index (χ4n) is 1.30. The van der Waals surface area contributed by atoms with Gasteiger partial charge >= 0.3 is 0 Å². The van der Waals surface area contributed by atoms with Crippen LogP contribution in [-0.2, 0) is 0 Å². The van der Waals surface area contributed by atoms with Crippen LogP contribution in [0.1, 0.15) is 47.0 Å². The van der Waals surface area contributed by atoms with E-state index in [0.29, 0.717) is 6.04 Å². The summed E-state index contributed by atoms with van der Waals surface area (Å²) in [6.07, 6.45) is 3.64. The fourth-order valence-corrected chi connectivity index (χ4v) is 1.30. The molecule has 0 fully saturated rings. The van der Waals surface area contributed by atoms with E-state index in [4.69, 9.17) is 0 Å². The molecule has 0 aromatic carbocycles.